The topological polar surface area (TPSA) is 24.1 Å². The molecule has 4 heteroatoms. The van der Waals surface area contributed by atoms with Crippen molar-refractivity contribution in [3.05, 3.63) is 70.3 Å². The summed E-state index contributed by atoms with van der Waals surface area (Å²) in [5.41, 5.74) is 4.47. The van der Waals surface area contributed by atoms with Crippen LogP contribution in [0.25, 0.3) is 0 Å². The van der Waals surface area contributed by atoms with Gasteiger partial charge in [0.25, 0.3) is 0 Å². The molecule has 2 fully saturated rings. The van der Waals surface area contributed by atoms with E-state index in [1.165, 1.54) is 36.8 Å². The number of rotatable bonds is 0. The molecule has 2 N–H and O–H groups in total. The van der Waals surface area contributed by atoms with Crippen molar-refractivity contribution in [3.8, 4) is 0 Å². The lowest BCUT2D eigenvalue weighted by molar-refractivity contribution is 0.312. The first kappa shape index (κ1) is 20.1. The van der Waals surface area contributed by atoms with E-state index in [-0.39, 0.29) is 11.6 Å². The number of halogens is 2. The highest BCUT2D eigenvalue weighted by molar-refractivity contribution is 5.37. The first-order valence-corrected chi connectivity index (χ1v) is 11.7. The zero-order valence-corrected chi connectivity index (χ0v) is 17.6. The average molecular weight is 411 g/mol. The number of fused-ring (bicyclic) bond motifs is 6. The van der Waals surface area contributed by atoms with E-state index in [0.29, 0.717) is 23.9 Å². The molecule has 2 saturated heterocycles. The Morgan fingerprint density at radius 3 is 1.57 bits per heavy atom. The molecule has 0 spiro atoms. The summed E-state index contributed by atoms with van der Waals surface area (Å²) in [6, 6.07) is 12.1. The Labute approximate surface area is 178 Å². The molecule has 0 saturated carbocycles. The molecule has 2 aliphatic heterocycles. The Hall–Kier alpha value is -1.78. The SMILES string of the molecule is Fc1cccc2c1C1CCCN[C@@H]1CC2.Fc1cccc2c1C1CCCN[C@H]1CC2. The van der Waals surface area contributed by atoms with Gasteiger partial charge >= 0.3 is 0 Å². The number of hydrogen-bond donors (Lipinski definition) is 2. The second-order valence-corrected chi connectivity index (χ2v) is 9.32. The molecular weight excluding hydrogens is 378 g/mol. The van der Waals surface area contributed by atoms with Gasteiger partial charge < -0.3 is 10.6 Å². The summed E-state index contributed by atoms with van der Waals surface area (Å²) in [7, 11) is 0. The third-order valence-corrected chi connectivity index (χ3v) is 7.65. The van der Waals surface area contributed by atoms with Gasteiger partial charge in [-0.2, -0.15) is 0 Å². The molecule has 0 bridgehead atoms. The minimum Gasteiger partial charge on any atom is -0.313 e. The molecule has 160 valence electrons. The van der Waals surface area contributed by atoms with Gasteiger partial charge in [0.2, 0.25) is 0 Å². The summed E-state index contributed by atoms with van der Waals surface area (Å²) in [5, 5.41) is 7.04. The first-order chi connectivity index (χ1) is 14.7. The monoisotopic (exact) mass is 410 g/mol. The minimum absolute atomic E-state index is 0.00546. The summed E-state index contributed by atoms with van der Waals surface area (Å²) in [4.78, 5) is 0. The highest BCUT2D eigenvalue weighted by Gasteiger charge is 2.34. The Balaban J connectivity index is 0.000000128. The Bertz CT molecular complexity index is 823. The molecule has 2 nitrogen and oxygen atoms in total. The number of benzene rings is 2. The zero-order valence-electron chi connectivity index (χ0n) is 17.6. The maximum atomic E-state index is 13.8. The van der Waals surface area contributed by atoms with Crippen LogP contribution in [0.1, 0.15) is 72.6 Å². The highest BCUT2D eigenvalue weighted by atomic mass is 19.1. The predicted octanol–water partition coefficient (Wildman–Crippen LogP) is 5.22. The zero-order chi connectivity index (χ0) is 20.5. The number of nitrogens with one attached hydrogen (secondary N) is 2. The number of aryl methyl sites for hydroxylation is 2. The molecule has 0 radical (unpaired) electrons. The van der Waals surface area contributed by atoms with Crippen molar-refractivity contribution in [3.63, 3.8) is 0 Å². The Kier molecular flexibility index (Phi) is 5.88. The van der Waals surface area contributed by atoms with Gasteiger partial charge in [0.15, 0.2) is 0 Å². The van der Waals surface area contributed by atoms with Crippen molar-refractivity contribution in [1.29, 1.82) is 0 Å². The molecule has 2 aromatic carbocycles. The van der Waals surface area contributed by atoms with Crippen LogP contribution in [0, 0.1) is 11.6 Å². The van der Waals surface area contributed by atoms with Gasteiger partial charge in [-0.05, 0) is 98.8 Å². The maximum absolute atomic E-state index is 13.8. The van der Waals surface area contributed by atoms with Crippen LogP contribution in [0.5, 0.6) is 0 Å². The van der Waals surface area contributed by atoms with Crippen molar-refractivity contribution >= 4 is 0 Å². The van der Waals surface area contributed by atoms with E-state index in [4.69, 9.17) is 0 Å². The van der Waals surface area contributed by atoms with Crippen molar-refractivity contribution in [1.82, 2.24) is 10.6 Å². The van der Waals surface area contributed by atoms with Gasteiger partial charge in [-0.25, -0.2) is 8.78 Å². The van der Waals surface area contributed by atoms with Gasteiger partial charge in [0, 0.05) is 23.9 Å². The van der Waals surface area contributed by atoms with Crippen LogP contribution in [-0.2, 0) is 12.8 Å². The molecule has 4 aliphatic rings. The maximum Gasteiger partial charge on any atom is 0.127 e. The fourth-order valence-electron chi connectivity index (χ4n) is 6.26. The van der Waals surface area contributed by atoms with Gasteiger partial charge in [-0.3, -0.25) is 0 Å². The van der Waals surface area contributed by atoms with E-state index in [1.54, 1.807) is 12.1 Å². The fraction of sp³-hybridized carbons (Fsp3) is 0.538. The summed E-state index contributed by atoms with van der Waals surface area (Å²) in [6.07, 6.45) is 9.03. The van der Waals surface area contributed by atoms with Crippen LogP contribution in [0.2, 0.25) is 0 Å². The minimum atomic E-state index is 0.00546. The molecule has 2 unspecified atom stereocenters. The lowest BCUT2D eigenvalue weighted by Crippen LogP contribution is -2.43. The smallest absolute Gasteiger partial charge is 0.127 e. The highest BCUT2D eigenvalue weighted by Crippen LogP contribution is 2.39. The van der Waals surface area contributed by atoms with Gasteiger partial charge in [-0.1, -0.05) is 24.3 Å². The van der Waals surface area contributed by atoms with E-state index < -0.39 is 0 Å². The van der Waals surface area contributed by atoms with Gasteiger partial charge in [-0.15, -0.1) is 0 Å². The largest absolute Gasteiger partial charge is 0.313 e. The van der Waals surface area contributed by atoms with E-state index in [2.05, 4.69) is 22.8 Å². The second kappa shape index (κ2) is 8.76. The molecule has 2 heterocycles. The van der Waals surface area contributed by atoms with Crippen molar-refractivity contribution < 1.29 is 8.78 Å². The molecule has 2 aromatic rings. The number of piperidine rings is 2. The van der Waals surface area contributed by atoms with Crippen molar-refractivity contribution in [2.24, 2.45) is 0 Å². The Morgan fingerprint density at radius 1 is 0.633 bits per heavy atom. The molecule has 30 heavy (non-hydrogen) atoms. The van der Waals surface area contributed by atoms with E-state index in [0.717, 1.165) is 49.9 Å². The Morgan fingerprint density at radius 2 is 1.10 bits per heavy atom. The standard InChI is InChI=1S/2C13H16FN/c2*14-11-5-1-3-9-6-7-12-10(13(9)11)4-2-8-15-12/h2*1,3,5,10,12,15H,2,4,6-8H2/t2*10?,12-/m10/s1. The normalized spacial score (nSPS) is 29.4. The lowest BCUT2D eigenvalue weighted by Gasteiger charge is -2.38. The fourth-order valence-corrected chi connectivity index (χ4v) is 6.26. The van der Waals surface area contributed by atoms with E-state index in [1.807, 2.05) is 12.1 Å². The molecule has 0 amide bonds. The molecule has 6 rings (SSSR count). The second-order valence-electron chi connectivity index (χ2n) is 9.32. The van der Waals surface area contributed by atoms with Crippen molar-refractivity contribution in [2.75, 3.05) is 13.1 Å². The summed E-state index contributed by atoms with van der Waals surface area (Å²) >= 11 is 0. The quantitative estimate of drug-likeness (QED) is 0.623. The van der Waals surface area contributed by atoms with Gasteiger partial charge in [0.1, 0.15) is 11.6 Å². The third-order valence-electron chi connectivity index (χ3n) is 7.65. The van der Waals surface area contributed by atoms with E-state index >= 15 is 0 Å². The summed E-state index contributed by atoms with van der Waals surface area (Å²) in [6.45, 7) is 2.20. The van der Waals surface area contributed by atoms with Crippen LogP contribution < -0.4 is 10.6 Å². The lowest BCUT2D eigenvalue weighted by atomic mass is 9.75. The third kappa shape index (κ3) is 3.80. The van der Waals surface area contributed by atoms with Crippen LogP contribution >= 0.6 is 0 Å². The van der Waals surface area contributed by atoms with E-state index in [9.17, 15) is 8.78 Å². The van der Waals surface area contributed by atoms with Crippen LogP contribution in [0.15, 0.2) is 36.4 Å². The summed E-state index contributed by atoms with van der Waals surface area (Å²) in [5.74, 6) is 0.851. The molecule has 2 aliphatic carbocycles. The predicted molar refractivity (Wildman–Crippen MR) is 117 cm³/mol. The van der Waals surface area contributed by atoms with Crippen LogP contribution in [0.3, 0.4) is 0 Å². The number of hydrogen-bond acceptors (Lipinski definition) is 2. The van der Waals surface area contributed by atoms with Gasteiger partial charge in [0.05, 0.1) is 0 Å². The van der Waals surface area contributed by atoms with Crippen LogP contribution in [-0.4, -0.2) is 25.2 Å². The molecular formula is C26H32F2N2. The molecule has 0 aromatic heterocycles. The van der Waals surface area contributed by atoms with Crippen LogP contribution in [0.4, 0.5) is 8.78 Å². The first-order valence-electron chi connectivity index (χ1n) is 11.7. The summed E-state index contributed by atoms with van der Waals surface area (Å²) < 4.78 is 27.6. The molecule has 4 atom stereocenters. The van der Waals surface area contributed by atoms with Crippen molar-refractivity contribution in [2.45, 2.75) is 75.3 Å². The average Bonchev–Trinajstić information content (AvgIpc) is 2.79.